The first kappa shape index (κ1) is 20.7. The third-order valence-corrected chi connectivity index (χ3v) is 7.99. The fourth-order valence-electron chi connectivity index (χ4n) is 6.68. The summed E-state index contributed by atoms with van der Waals surface area (Å²) in [5, 5.41) is 5.43. The smallest absolute Gasteiger partial charge is 0.0594 e. The van der Waals surface area contributed by atoms with Crippen molar-refractivity contribution in [2.24, 2.45) is 5.92 Å². The molecule has 1 spiro atoms. The maximum Gasteiger partial charge on any atom is 0.0594 e. The average Bonchev–Trinajstić information content (AvgIpc) is 3.15. The number of para-hydroxylation sites is 1. The van der Waals surface area contributed by atoms with Crippen molar-refractivity contribution in [3.8, 4) is 0 Å². The van der Waals surface area contributed by atoms with E-state index in [0.29, 0.717) is 5.92 Å². The Kier molecular flexibility index (Phi) is 5.20. The molecule has 4 nitrogen and oxygen atoms in total. The van der Waals surface area contributed by atoms with E-state index in [1.54, 1.807) is 0 Å². The molecule has 1 aromatic heterocycles. The number of nitrogens with one attached hydrogen (secondary N) is 2. The van der Waals surface area contributed by atoms with Gasteiger partial charge in [-0.25, -0.2) is 0 Å². The second-order valence-corrected chi connectivity index (χ2v) is 10.1. The Morgan fingerprint density at radius 2 is 1.68 bits per heavy atom. The second kappa shape index (κ2) is 7.77. The SMILES string of the molecule is CN(C)CC1CC2(CCC1(c1ccccc1)N(C)C)NCCc1c2[nH]c2ccccc12. The molecular formula is C27H36N4. The van der Waals surface area contributed by atoms with Crippen molar-refractivity contribution in [3.63, 3.8) is 0 Å². The van der Waals surface area contributed by atoms with Crippen LogP contribution in [0.4, 0.5) is 0 Å². The summed E-state index contributed by atoms with van der Waals surface area (Å²) in [5.74, 6) is 0.513. The van der Waals surface area contributed by atoms with E-state index in [0.717, 1.165) is 38.8 Å². The Bertz CT molecular complexity index is 1050. The normalized spacial score (nSPS) is 28.5. The number of H-pyrrole nitrogens is 1. The van der Waals surface area contributed by atoms with Crippen LogP contribution in [0.1, 0.15) is 36.1 Å². The standard InChI is InChI=1S/C27H36N4/c1-30(2)19-21-18-26(15-16-27(21,31(3)4)20-10-6-5-7-11-20)25-23(14-17-28-26)22-12-8-9-13-24(22)29-25/h5-13,21,28-29H,14-19H2,1-4H3. The zero-order chi connectivity index (χ0) is 21.6. The fourth-order valence-corrected chi connectivity index (χ4v) is 6.68. The number of fused-ring (bicyclic) bond motifs is 4. The summed E-state index contributed by atoms with van der Waals surface area (Å²) in [5.41, 5.74) is 5.80. The summed E-state index contributed by atoms with van der Waals surface area (Å²) in [6.45, 7) is 2.13. The molecule has 0 amide bonds. The predicted octanol–water partition coefficient (Wildman–Crippen LogP) is 4.33. The fraction of sp³-hybridized carbons (Fsp3) is 0.481. The molecule has 2 heterocycles. The van der Waals surface area contributed by atoms with Gasteiger partial charge in [0.25, 0.3) is 0 Å². The highest BCUT2D eigenvalue weighted by Crippen LogP contribution is 2.53. The molecule has 3 atom stereocenters. The monoisotopic (exact) mass is 416 g/mol. The van der Waals surface area contributed by atoms with Crippen LogP contribution in [0, 0.1) is 5.92 Å². The maximum atomic E-state index is 4.01. The van der Waals surface area contributed by atoms with Crippen molar-refractivity contribution in [2.75, 3.05) is 41.3 Å². The molecule has 31 heavy (non-hydrogen) atoms. The van der Waals surface area contributed by atoms with Gasteiger partial charge in [0.15, 0.2) is 0 Å². The molecule has 1 fully saturated rings. The Morgan fingerprint density at radius 1 is 0.935 bits per heavy atom. The zero-order valence-electron chi connectivity index (χ0n) is 19.4. The van der Waals surface area contributed by atoms with Crippen molar-refractivity contribution in [1.82, 2.24) is 20.1 Å². The Labute approximate surface area is 186 Å². The minimum Gasteiger partial charge on any atom is -0.357 e. The summed E-state index contributed by atoms with van der Waals surface area (Å²) < 4.78 is 0. The molecule has 164 valence electrons. The van der Waals surface area contributed by atoms with Gasteiger partial charge in [-0.2, -0.15) is 0 Å². The van der Waals surface area contributed by atoms with Crippen LogP contribution < -0.4 is 5.32 Å². The highest BCUT2D eigenvalue weighted by atomic mass is 15.2. The molecule has 0 radical (unpaired) electrons. The lowest BCUT2D eigenvalue weighted by atomic mass is 9.60. The third-order valence-electron chi connectivity index (χ3n) is 7.99. The van der Waals surface area contributed by atoms with E-state index >= 15 is 0 Å². The lowest BCUT2D eigenvalue weighted by Crippen LogP contribution is -2.61. The molecular weight excluding hydrogens is 380 g/mol. The van der Waals surface area contributed by atoms with E-state index in [-0.39, 0.29) is 11.1 Å². The molecule has 4 heteroatoms. The van der Waals surface area contributed by atoms with E-state index < -0.39 is 0 Å². The van der Waals surface area contributed by atoms with E-state index in [2.05, 4.69) is 103 Å². The molecule has 3 aromatic rings. The van der Waals surface area contributed by atoms with Crippen molar-refractivity contribution < 1.29 is 0 Å². The van der Waals surface area contributed by atoms with Crippen LogP contribution in [0.15, 0.2) is 54.6 Å². The van der Waals surface area contributed by atoms with E-state index in [4.69, 9.17) is 0 Å². The summed E-state index contributed by atoms with van der Waals surface area (Å²) >= 11 is 0. The number of hydrogen-bond acceptors (Lipinski definition) is 3. The highest BCUT2D eigenvalue weighted by Gasteiger charge is 2.53. The Morgan fingerprint density at radius 3 is 2.42 bits per heavy atom. The van der Waals surface area contributed by atoms with Gasteiger partial charge in [0.1, 0.15) is 0 Å². The van der Waals surface area contributed by atoms with Gasteiger partial charge in [0, 0.05) is 35.2 Å². The van der Waals surface area contributed by atoms with Crippen molar-refractivity contribution in [3.05, 3.63) is 71.4 Å². The maximum absolute atomic E-state index is 4.01. The minimum absolute atomic E-state index is 0.0293. The molecule has 2 aliphatic rings. The number of hydrogen-bond donors (Lipinski definition) is 2. The third kappa shape index (κ3) is 3.24. The number of rotatable bonds is 4. The first-order chi connectivity index (χ1) is 15.0. The van der Waals surface area contributed by atoms with Gasteiger partial charge >= 0.3 is 0 Å². The topological polar surface area (TPSA) is 34.3 Å². The summed E-state index contributed by atoms with van der Waals surface area (Å²) in [6.07, 6.45) is 4.53. The summed E-state index contributed by atoms with van der Waals surface area (Å²) in [4.78, 5) is 8.73. The van der Waals surface area contributed by atoms with Gasteiger partial charge in [-0.1, -0.05) is 48.5 Å². The molecule has 0 saturated heterocycles. The number of aromatic amines is 1. The van der Waals surface area contributed by atoms with Crippen LogP contribution in [-0.2, 0) is 17.5 Å². The van der Waals surface area contributed by atoms with Crippen molar-refractivity contribution >= 4 is 10.9 Å². The van der Waals surface area contributed by atoms with Crippen LogP contribution in [0.25, 0.3) is 10.9 Å². The number of nitrogens with zero attached hydrogens (tertiary/aromatic N) is 2. The lowest BCUT2D eigenvalue weighted by molar-refractivity contribution is -0.0208. The number of aromatic nitrogens is 1. The van der Waals surface area contributed by atoms with Gasteiger partial charge in [0.2, 0.25) is 0 Å². The molecule has 1 aliphatic heterocycles. The molecule has 5 rings (SSSR count). The summed E-state index contributed by atoms with van der Waals surface area (Å²) in [6, 6.07) is 20.1. The van der Waals surface area contributed by atoms with E-state index in [1.165, 1.54) is 27.7 Å². The first-order valence-corrected chi connectivity index (χ1v) is 11.7. The molecule has 2 N–H and O–H groups in total. The van der Waals surface area contributed by atoms with Crippen LogP contribution >= 0.6 is 0 Å². The quantitative estimate of drug-likeness (QED) is 0.664. The summed E-state index contributed by atoms with van der Waals surface area (Å²) in [7, 11) is 8.98. The largest absolute Gasteiger partial charge is 0.357 e. The molecule has 0 bridgehead atoms. The lowest BCUT2D eigenvalue weighted by Gasteiger charge is -2.56. The van der Waals surface area contributed by atoms with Gasteiger partial charge in [-0.05, 0) is 77.0 Å². The van der Waals surface area contributed by atoms with Crippen LogP contribution in [0.5, 0.6) is 0 Å². The van der Waals surface area contributed by atoms with Crippen molar-refractivity contribution in [2.45, 2.75) is 36.8 Å². The van der Waals surface area contributed by atoms with Crippen LogP contribution in [-0.4, -0.2) is 56.1 Å². The Hall–Kier alpha value is -2.14. The zero-order valence-corrected chi connectivity index (χ0v) is 19.4. The average molecular weight is 417 g/mol. The van der Waals surface area contributed by atoms with E-state index in [1.807, 2.05) is 0 Å². The van der Waals surface area contributed by atoms with Crippen molar-refractivity contribution in [1.29, 1.82) is 0 Å². The first-order valence-electron chi connectivity index (χ1n) is 11.7. The van der Waals surface area contributed by atoms with Crippen LogP contribution in [0.3, 0.4) is 0 Å². The second-order valence-electron chi connectivity index (χ2n) is 10.1. The van der Waals surface area contributed by atoms with Gasteiger partial charge < -0.3 is 15.2 Å². The highest BCUT2D eigenvalue weighted by molar-refractivity contribution is 5.85. The molecule has 1 aliphatic carbocycles. The van der Waals surface area contributed by atoms with Gasteiger partial charge in [0.05, 0.1) is 5.54 Å². The minimum atomic E-state index is 0.0293. The molecule has 3 unspecified atom stereocenters. The van der Waals surface area contributed by atoms with Crippen LogP contribution in [0.2, 0.25) is 0 Å². The van der Waals surface area contributed by atoms with Gasteiger partial charge in [-0.3, -0.25) is 4.90 Å². The predicted molar refractivity (Wildman–Crippen MR) is 129 cm³/mol. The van der Waals surface area contributed by atoms with Gasteiger partial charge in [-0.15, -0.1) is 0 Å². The molecule has 2 aromatic carbocycles. The molecule has 1 saturated carbocycles. The number of benzene rings is 2. The Balaban J connectivity index is 1.62. The van der Waals surface area contributed by atoms with E-state index in [9.17, 15) is 0 Å².